The number of rotatable bonds is 4. The first-order chi connectivity index (χ1) is 14.9. The monoisotopic (exact) mass is 426 g/mol. The third kappa shape index (κ3) is 4.06. The lowest BCUT2D eigenvalue weighted by molar-refractivity contribution is 0.0742. The zero-order valence-corrected chi connectivity index (χ0v) is 18.1. The lowest BCUT2D eigenvalue weighted by Gasteiger charge is -2.36. The molecule has 2 aromatic rings. The minimum Gasteiger partial charge on any atom is -0.447 e. The van der Waals surface area contributed by atoms with Gasteiger partial charge in [0.2, 0.25) is 0 Å². The Labute approximate surface area is 181 Å². The first kappa shape index (κ1) is 21.1. The number of hydrogen-bond acceptors (Lipinski definition) is 5. The number of hydrogen-bond donors (Lipinski definition) is 0. The third-order valence-corrected chi connectivity index (χ3v) is 5.95. The summed E-state index contributed by atoms with van der Waals surface area (Å²) >= 11 is 0. The average Bonchev–Trinajstić information content (AvgIpc) is 3.14. The van der Waals surface area contributed by atoms with Crippen LogP contribution >= 0.6 is 0 Å². The van der Waals surface area contributed by atoms with E-state index >= 15 is 0 Å². The maximum absolute atomic E-state index is 14.9. The molecule has 1 atom stereocenters. The van der Waals surface area contributed by atoms with Crippen molar-refractivity contribution >= 4 is 23.5 Å². The molecule has 0 saturated carbocycles. The highest BCUT2D eigenvalue weighted by Gasteiger charge is 2.34. The van der Waals surface area contributed by atoms with Crippen LogP contribution in [0.3, 0.4) is 0 Å². The highest BCUT2D eigenvalue weighted by Crippen LogP contribution is 2.27. The van der Waals surface area contributed by atoms with E-state index in [1.807, 2.05) is 27.0 Å². The van der Waals surface area contributed by atoms with Crippen molar-refractivity contribution in [2.45, 2.75) is 33.2 Å². The molecule has 0 spiro atoms. The Bertz CT molecular complexity index is 1000. The minimum atomic E-state index is -0.629. The lowest BCUT2D eigenvalue weighted by atomic mass is 10.1. The quantitative estimate of drug-likeness (QED) is 0.748. The van der Waals surface area contributed by atoms with Crippen LogP contribution in [0.2, 0.25) is 0 Å². The summed E-state index contributed by atoms with van der Waals surface area (Å²) in [6, 6.07) is 6.29. The van der Waals surface area contributed by atoms with Crippen molar-refractivity contribution < 1.29 is 18.7 Å². The molecule has 7 nitrogen and oxygen atoms in total. The van der Waals surface area contributed by atoms with Crippen LogP contribution in [-0.2, 0) is 4.74 Å². The standard InChI is InChI=1S/C23H27FN4O3/c1-4-17-14-31-23(30)28(17)18-5-6-19(20(24)12-18)22(29)27-9-7-26(8-10-27)21-16(3)11-15(2)13-25-21/h5-6,11-13,17H,4,7-10,14H2,1-3H3/t17-/m1/s1. The molecule has 1 aromatic heterocycles. The number of anilines is 2. The van der Waals surface area contributed by atoms with E-state index in [2.05, 4.69) is 16.0 Å². The van der Waals surface area contributed by atoms with Gasteiger partial charge in [-0.1, -0.05) is 13.0 Å². The molecule has 0 unspecified atom stereocenters. The van der Waals surface area contributed by atoms with Gasteiger partial charge in [0.05, 0.1) is 17.3 Å². The van der Waals surface area contributed by atoms with E-state index in [0.717, 1.165) is 16.9 Å². The molecule has 2 aliphatic heterocycles. The second-order valence-corrected chi connectivity index (χ2v) is 8.11. The fourth-order valence-corrected chi connectivity index (χ4v) is 4.24. The molecule has 31 heavy (non-hydrogen) atoms. The van der Waals surface area contributed by atoms with E-state index in [1.54, 1.807) is 11.0 Å². The van der Waals surface area contributed by atoms with Crippen molar-refractivity contribution in [3.05, 3.63) is 53.0 Å². The molecule has 2 amide bonds. The molecule has 2 fully saturated rings. The Hall–Kier alpha value is -3.16. The second kappa shape index (κ2) is 8.53. The first-order valence-corrected chi connectivity index (χ1v) is 10.6. The second-order valence-electron chi connectivity index (χ2n) is 8.11. The van der Waals surface area contributed by atoms with Crippen LogP contribution in [0, 0.1) is 19.7 Å². The van der Waals surface area contributed by atoms with E-state index in [9.17, 15) is 14.0 Å². The molecule has 8 heteroatoms. The molecule has 0 N–H and O–H groups in total. The van der Waals surface area contributed by atoms with Gasteiger partial charge in [0.1, 0.15) is 18.2 Å². The highest BCUT2D eigenvalue weighted by molar-refractivity contribution is 5.96. The molecular weight excluding hydrogens is 399 g/mol. The van der Waals surface area contributed by atoms with Crippen molar-refractivity contribution in [1.82, 2.24) is 9.88 Å². The SMILES string of the molecule is CC[C@@H]1COC(=O)N1c1ccc(C(=O)N2CCN(c3ncc(C)cc3C)CC2)c(F)c1. The fraction of sp³-hybridized carbons (Fsp3) is 0.435. The number of benzene rings is 1. The van der Waals surface area contributed by atoms with Gasteiger partial charge in [0.15, 0.2) is 0 Å². The number of piperazine rings is 1. The van der Waals surface area contributed by atoms with Gasteiger partial charge >= 0.3 is 6.09 Å². The van der Waals surface area contributed by atoms with Crippen LogP contribution in [0.5, 0.6) is 0 Å². The van der Waals surface area contributed by atoms with Crippen molar-refractivity contribution in [1.29, 1.82) is 0 Å². The summed E-state index contributed by atoms with van der Waals surface area (Å²) in [5, 5.41) is 0. The molecular formula is C23H27FN4O3. The summed E-state index contributed by atoms with van der Waals surface area (Å²) in [6.45, 7) is 8.54. The Morgan fingerprint density at radius 3 is 2.58 bits per heavy atom. The molecule has 0 radical (unpaired) electrons. The summed E-state index contributed by atoms with van der Waals surface area (Å²) in [5.41, 5.74) is 2.64. The molecule has 2 saturated heterocycles. The van der Waals surface area contributed by atoms with Gasteiger partial charge in [-0.3, -0.25) is 9.69 Å². The number of carbonyl (C=O) groups excluding carboxylic acids is 2. The predicted octanol–water partition coefficient (Wildman–Crippen LogP) is 3.54. The number of carbonyl (C=O) groups is 2. The van der Waals surface area contributed by atoms with Crippen LogP contribution in [0.25, 0.3) is 0 Å². The Kier molecular flexibility index (Phi) is 5.80. The smallest absolute Gasteiger partial charge is 0.414 e. The molecule has 4 rings (SSSR count). The number of aryl methyl sites for hydroxylation is 2. The van der Waals surface area contributed by atoms with Gasteiger partial charge in [-0.2, -0.15) is 0 Å². The molecule has 1 aromatic carbocycles. The number of amides is 2. The number of pyridine rings is 1. The largest absolute Gasteiger partial charge is 0.447 e. The van der Waals surface area contributed by atoms with Crippen molar-refractivity contribution in [2.75, 3.05) is 42.6 Å². The number of halogens is 1. The molecule has 164 valence electrons. The van der Waals surface area contributed by atoms with Gasteiger partial charge in [-0.15, -0.1) is 0 Å². The first-order valence-electron chi connectivity index (χ1n) is 10.6. The Morgan fingerprint density at radius 2 is 1.94 bits per heavy atom. The van der Waals surface area contributed by atoms with Crippen LogP contribution in [0.4, 0.5) is 20.7 Å². The minimum absolute atomic E-state index is 0.0162. The average molecular weight is 426 g/mol. The van der Waals surface area contributed by atoms with Crippen molar-refractivity contribution in [2.24, 2.45) is 0 Å². The van der Waals surface area contributed by atoms with Crippen LogP contribution in [0.1, 0.15) is 34.8 Å². The summed E-state index contributed by atoms with van der Waals surface area (Å²) in [5.74, 6) is -0.0416. The van der Waals surface area contributed by atoms with E-state index in [4.69, 9.17) is 4.74 Å². The molecule has 3 heterocycles. The van der Waals surface area contributed by atoms with E-state index in [1.165, 1.54) is 17.0 Å². The number of aromatic nitrogens is 1. The summed E-state index contributed by atoms with van der Waals surface area (Å²) in [4.78, 5) is 34.7. The number of ether oxygens (including phenoxy) is 1. The van der Waals surface area contributed by atoms with Gasteiger partial charge in [-0.25, -0.2) is 14.2 Å². The Morgan fingerprint density at radius 1 is 1.19 bits per heavy atom. The lowest BCUT2D eigenvalue weighted by Crippen LogP contribution is -2.49. The van der Waals surface area contributed by atoms with E-state index < -0.39 is 11.9 Å². The van der Waals surface area contributed by atoms with E-state index in [-0.39, 0.29) is 24.1 Å². The number of cyclic esters (lactones) is 1. The molecule has 0 aliphatic carbocycles. The number of nitrogens with zero attached hydrogens (tertiary/aromatic N) is 4. The van der Waals surface area contributed by atoms with Gasteiger partial charge < -0.3 is 14.5 Å². The topological polar surface area (TPSA) is 66.0 Å². The maximum Gasteiger partial charge on any atom is 0.414 e. The summed E-state index contributed by atoms with van der Waals surface area (Å²) in [7, 11) is 0. The third-order valence-electron chi connectivity index (χ3n) is 5.95. The fourth-order valence-electron chi connectivity index (χ4n) is 4.24. The zero-order chi connectivity index (χ0) is 22.1. The predicted molar refractivity (Wildman–Crippen MR) is 116 cm³/mol. The zero-order valence-electron chi connectivity index (χ0n) is 18.1. The van der Waals surface area contributed by atoms with Crippen LogP contribution in [0.15, 0.2) is 30.5 Å². The molecule has 2 aliphatic rings. The maximum atomic E-state index is 14.9. The van der Waals surface area contributed by atoms with Crippen LogP contribution in [-0.4, -0.2) is 60.7 Å². The van der Waals surface area contributed by atoms with Crippen LogP contribution < -0.4 is 9.80 Å². The van der Waals surface area contributed by atoms with Crippen molar-refractivity contribution in [3.63, 3.8) is 0 Å². The normalized spacial score (nSPS) is 19.0. The highest BCUT2D eigenvalue weighted by atomic mass is 19.1. The van der Waals surface area contributed by atoms with Gasteiger partial charge in [0, 0.05) is 32.4 Å². The molecule has 0 bridgehead atoms. The van der Waals surface area contributed by atoms with Gasteiger partial charge in [0.25, 0.3) is 5.91 Å². The van der Waals surface area contributed by atoms with Gasteiger partial charge in [-0.05, 0) is 49.6 Å². The van der Waals surface area contributed by atoms with E-state index in [0.29, 0.717) is 38.3 Å². The van der Waals surface area contributed by atoms with Crippen molar-refractivity contribution in [3.8, 4) is 0 Å². The summed E-state index contributed by atoms with van der Waals surface area (Å²) in [6.07, 6.45) is 2.06. The summed E-state index contributed by atoms with van der Waals surface area (Å²) < 4.78 is 19.9. The Balaban J connectivity index is 1.45.